The van der Waals surface area contributed by atoms with Crippen LogP contribution in [0.25, 0.3) is 0 Å². The first-order valence-corrected chi connectivity index (χ1v) is 7.06. The third-order valence-corrected chi connectivity index (χ3v) is 4.48. The van der Waals surface area contributed by atoms with Crippen LogP contribution in [-0.4, -0.2) is 20.8 Å². The summed E-state index contributed by atoms with van der Waals surface area (Å²) >= 11 is 0. The van der Waals surface area contributed by atoms with Crippen LogP contribution >= 0.6 is 0 Å². The number of fused-ring (bicyclic) bond motifs is 1. The molecule has 1 heterocycles. The Balaban J connectivity index is 2.13. The molecule has 3 nitrogen and oxygen atoms in total. The van der Waals surface area contributed by atoms with Gasteiger partial charge in [0.2, 0.25) is 0 Å². The molecule has 1 aromatic rings. The van der Waals surface area contributed by atoms with Gasteiger partial charge in [-0.2, -0.15) is 0 Å². The van der Waals surface area contributed by atoms with Crippen molar-refractivity contribution in [3.8, 4) is 11.5 Å². The molecule has 0 amide bonds. The Hall–Kier alpha value is -1.22. The van der Waals surface area contributed by atoms with Crippen LogP contribution in [0.4, 0.5) is 0 Å². The Kier molecular flexibility index (Phi) is 2.97. The van der Waals surface area contributed by atoms with Gasteiger partial charge in [0.15, 0.2) is 11.5 Å². The molecular weight excluding hydrogens is 238 g/mol. The Labute approximate surface area is 115 Å². The summed E-state index contributed by atoms with van der Waals surface area (Å²) in [6.45, 7) is 5.60. The summed E-state index contributed by atoms with van der Waals surface area (Å²) in [7, 11) is 3.41. The first-order valence-electron chi connectivity index (χ1n) is 7.06. The van der Waals surface area contributed by atoms with Crippen LogP contribution in [0.15, 0.2) is 12.1 Å². The first-order chi connectivity index (χ1) is 9.06. The maximum atomic E-state index is 5.47. The summed E-state index contributed by atoms with van der Waals surface area (Å²) in [5.74, 6) is 2.48. The molecule has 1 fully saturated rings. The predicted octanol–water partition coefficient (Wildman–Crippen LogP) is 3.04. The van der Waals surface area contributed by atoms with Crippen molar-refractivity contribution in [3.63, 3.8) is 0 Å². The van der Waals surface area contributed by atoms with Crippen LogP contribution in [0, 0.1) is 5.92 Å². The van der Waals surface area contributed by atoms with Gasteiger partial charge in [-0.15, -0.1) is 0 Å². The van der Waals surface area contributed by atoms with E-state index in [9.17, 15) is 0 Å². The normalized spacial score (nSPS) is 24.7. The summed E-state index contributed by atoms with van der Waals surface area (Å²) < 4.78 is 10.9. The van der Waals surface area contributed by atoms with Gasteiger partial charge in [-0.1, -0.05) is 13.8 Å². The number of benzene rings is 1. The maximum Gasteiger partial charge on any atom is 0.161 e. The second-order valence-electron chi connectivity index (χ2n) is 6.37. The van der Waals surface area contributed by atoms with Gasteiger partial charge in [-0.3, -0.25) is 0 Å². The van der Waals surface area contributed by atoms with Crippen LogP contribution < -0.4 is 14.8 Å². The van der Waals surface area contributed by atoms with Crippen molar-refractivity contribution in [1.29, 1.82) is 0 Å². The molecule has 1 aromatic carbocycles. The molecule has 3 rings (SSSR count). The number of nitrogens with one attached hydrogen (secondary N) is 1. The second kappa shape index (κ2) is 4.41. The van der Waals surface area contributed by atoms with Crippen molar-refractivity contribution in [2.45, 2.75) is 38.1 Å². The fourth-order valence-electron chi connectivity index (χ4n) is 3.16. The number of hydrogen-bond acceptors (Lipinski definition) is 3. The molecule has 0 aromatic heterocycles. The van der Waals surface area contributed by atoms with E-state index in [1.54, 1.807) is 14.2 Å². The van der Waals surface area contributed by atoms with Gasteiger partial charge in [-0.05, 0) is 42.0 Å². The molecule has 1 atom stereocenters. The lowest BCUT2D eigenvalue weighted by Gasteiger charge is -2.38. The monoisotopic (exact) mass is 261 g/mol. The maximum absolute atomic E-state index is 5.47. The summed E-state index contributed by atoms with van der Waals surface area (Å²) in [6.07, 6.45) is 2.68. The van der Waals surface area contributed by atoms with Crippen LogP contribution in [-0.2, 0) is 5.41 Å². The fraction of sp³-hybridized carbons (Fsp3) is 0.625. The van der Waals surface area contributed by atoms with Gasteiger partial charge >= 0.3 is 0 Å². The molecule has 1 aliphatic carbocycles. The fourth-order valence-corrected chi connectivity index (χ4v) is 3.16. The van der Waals surface area contributed by atoms with E-state index in [0.29, 0.717) is 6.04 Å². The molecule has 0 radical (unpaired) electrons. The lowest BCUT2D eigenvalue weighted by Crippen LogP contribution is -2.42. The topological polar surface area (TPSA) is 30.5 Å². The van der Waals surface area contributed by atoms with Crippen LogP contribution in [0.2, 0.25) is 0 Å². The minimum Gasteiger partial charge on any atom is -0.493 e. The standard InChI is InChI=1S/C16H23NO2/c1-16(2)9-17-15(10-5-6-10)11-7-13(18-3)14(19-4)8-12(11)16/h7-8,10,15,17H,5-6,9H2,1-4H3. The van der Waals surface area contributed by atoms with Crippen LogP contribution in [0.5, 0.6) is 11.5 Å². The highest BCUT2D eigenvalue weighted by molar-refractivity contribution is 5.52. The molecule has 0 saturated heterocycles. The Morgan fingerprint density at radius 2 is 1.74 bits per heavy atom. The van der Waals surface area contributed by atoms with E-state index in [-0.39, 0.29) is 5.41 Å². The molecule has 1 unspecified atom stereocenters. The molecule has 104 valence electrons. The van der Waals surface area contributed by atoms with Gasteiger partial charge in [0.25, 0.3) is 0 Å². The van der Waals surface area contributed by atoms with Crippen molar-refractivity contribution in [2.75, 3.05) is 20.8 Å². The molecule has 1 saturated carbocycles. The SMILES string of the molecule is COc1cc2c(cc1OC)C(C)(C)CNC2C1CC1. The smallest absolute Gasteiger partial charge is 0.161 e. The molecule has 3 heteroatoms. The molecule has 1 aliphatic heterocycles. The average Bonchev–Trinajstić information content (AvgIpc) is 3.22. The summed E-state index contributed by atoms with van der Waals surface area (Å²) in [4.78, 5) is 0. The van der Waals surface area contributed by atoms with Crippen molar-refractivity contribution in [1.82, 2.24) is 5.32 Å². The van der Waals surface area contributed by atoms with Crippen molar-refractivity contribution >= 4 is 0 Å². The highest BCUT2D eigenvalue weighted by atomic mass is 16.5. The lowest BCUT2D eigenvalue weighted by molar-refractivity contribution is 0.335. The van der Waals surface area contributed by atoms with Gasteiger partial charge in [0, 0.05) is 18.0 Å². The summed E-state index contributed by atoms with van der Waals surface area (Å²) in [5.41, 5.74) is 2.94. The third kappa shape index (κ3) is 2.10. The van der Waals surface area contributed by atoms with Crippen LogP contribution in [0.1, 0.15) is 43.9 Å². The number of methoxy groups -OCH3 is 2. The summed E-state index contributed by atoms with van der Waals surface area (Å²) in [5, 5.41) is 3.72. The van der Waals surface area contributed by atoms with Gasteiger partial charge in [-0.25, -0.2) is 0 Å². The van der Waals surface area contributed by atoms with E-state index in [4.69, 9.17) is 9.47 Å². The van der Waals surface area contributed by atoms with Gasteiger partial charge < -0.3 is 14.8 Å². The van der Waals surface area contributed by atoms with Gasteiger partial charge in [0.05, 0.1) is 14.2 Å². The zero-order chi connectivity index (χ0) is 13.6. The molecule has 1 N–H and O–H groups in total. The number of rotatable bonds is 3. The third-order valence-electron chi connectivity index (χ3n) is 4.48. The first kappa shape index (κ1) is 12.8. The summed E-state index contributed by atoms with van der Waals surface area (Å²) in [6, 6.07) is 4.83. The molecule has 0 bridgehead atoms. The zero-order valence-electron chi connectivity index (χ0n) is 12.2. The van der Waals surface area contributed by atoms with E-state index < -0.39 is 0 Å². The van der Waals surface area contributed by atoms with E-state index in [1.807, 2.05) is 0 Å². The highest BCUT2D eigenvalue weighted by Gasteiger charge is 2.40. The molecule has 0 spiro atoms. The van der Waals surface area contributed by atoms with E-state index in [0.717, 1.165) is 24.0 Å². The van der Waals surface area contributed by atoms with Crippen molar-refractivity contribution < 1.29 is 9.47 Å². The largest absolute Gasteiger partial charge is 0.493 e. The highest BCUT2D eigenvalue weighted by Crippen LogP contribution is 2.48. The zero-order valence-corrected chi connectivity index (χ0v) is 12.2. The van der Waals surface area contributed by atoms with E-state index in [2.05, 4.69) is 31.3 Å². The van der Waals surface area contributed by atoms with Crippen molar-refractivity contribution in [2.24, 2.45) is 5.92 Å². The number of ether oxygens (including phenoxy) is 2. The average molecular weight is 261 g/mol. The Morgan fingerprint density at radius 3 is 2.32 bits per heavy atom. The van der Waals surface area contributed by atoms with Crippen molar-refractivity contribution in [3.05, 3.63) is 23.3 Å². The number of hydrogen-bond donors (Lipinski definition) is 1. The molecule has 19 heavy (non-hydrogen) atoms. The Bertz CT molecular complexity index is 492. The molecule has 2 aliphatic rings. The minimum atomic E-state index is 0.139. The second-order valence-corrected chi connectivity index (χ2v) is 6.37. The van der Waals surface area contributed by atoms with E-state index >= 15 is 0 Å². The quantitative estimate of drug-likeness (QED) is 0.907. The minimum absolute atomic E-state index is 0.139. The lowest BCUT2D eigenvalue weighted by atomic mass is 9.75. The Morgan fingerprint density at radius 1 is 1.11 bits per heavy atom. The molecular formula is C16H23NO2. The van der Waals surface area contributed by atoms with Crippen LogP contribution in [0.3, 0.4) is 0 Å². The predicted molar refractivity (Wildman–Crippen MR) is 76.0 cm³/mol. The van der Waals surface area contributed by atoms with E-state index in [1.165, 1.54) is 24.0 Å². The van der Waals surface area contributed by atoms with Gasteiger partial charge in [0.1, 0.15) is 0 Å².